The smallest absolute Gasteiger partial charge is 0.269 e. The fraction of sp³-hybridized carbons (Fsp3) is 0.276. The number of aromatic nitrogens is 1. The van der Waals surface area contributed by atoms with Crippen LogP contribution in [0.25, 0.3) is 10.9 Å². The second kappa shape index (κ2) is 11.1. The molecule has 1 N–H and O–H groups in total. The number of methoxy groups -OCH3 is 1. The Bertz CT molecular complexity index is 1360. The van der Waals surface area contributed by atoms with Crippen molar-refractivity contribution in [2.75, 3.05) is 13.7 Å². The molecule has 4 rings (SSSR count). The van der Waals surface area contributed by atoms with E-state index < -0.39 is 4.92 Å². The number of rotatable bonds is 10. The van der Waals surface area contributed by atoms with E-state index in [1.807, 2.05) is 62.4 Å². The van der Waals surface area contributed by atoms with Gasteiger partial charge in [-0.05, 0) is 40.8 Å². The Morgan fingerprint density at radius 3 is 2.50 bits per heavy atom. The quantitative estimate of drug-likeness (QED) is 0.224. The number of nitrogens with one attached hydrogen (secondary N) is 1. The summed E-state index contributed by atoms with van der Waals surface area (Å²) >= 11 is 0. The molecule has 7 heteroatoms. The van der Waals surface area contributed by atoms with Crippen LogP contribution >= 0.6 is 0 Å². The average molecular weight is 486 g/mol. The third kappa shape index (κ3) is 5.74. The van der Waals surface area contributed by atoms with E-state index in [1.54, 1.807) is 19.2 Å². The Labute approximate surface area is 210 Å². The van der Waals surface area contributed by atoms with Gasteiger partial charge in [-0.15, -0.1) is 0 Å². The number of amides is 1. The lowest BCUT2D eigenvalue weighted by atomic mass is 9.87. The zero-order valence-electron chi connectivity index (χ0n) is 20.8. The predicted octanol–water partition coefficient (Wildman–Crippen LogP) is 5.90. The average Bonchev–Trinajstić information content (AvgIpc) is 3.24. The number of nitro groups is 1. The maximum Gasteiger partial charge on any atom is 0.269 e. The second-order valence-corrected chi connectivity index (χ2v) is 9.38. The molecular formula is C29H31N3O4. The van der Waals surface area contributed by atoms with Crippen LogP contribution in [0.3, 0.4) is 0 Å². The number of nitro benzene ring substituents is 1. The van der Waals surface area contributed by atoms with Gasteiger partial charge in [-0.25, -0.2) is 0 Å². The summed E-state index contributed by atoms with van der Waals surface area (Å²) in [6.45, 7) is 5.32. The number of non-ortho nitro benzene ring substituents is 1. The number of nitrogens with zero attached hydrogens (tertiary/aromatic N) is 2. The molecule has 0 aliphatic carbocycles. The summed E-state index contributed by atoms with van der Waals surface area (Å²) in [5.41, 5.74) is 3.89. The van der Waals surface area contributed by atoms with Crippen molar-refractivity contribution in [1.29, 1.82) is 0 Å². The molecule has 0 bridgehead atoms. The van der Waals surface area contributed by atoms with E-state index in [0.29, 0.717) is 19.0 Å². The van der Waals surface area contributed by atoms with Crippen LogP contribution in [0.5, 0.6) is 5.75 Å². The molecule has 1 heterocycles. The van der Waals surface area contributed by atoms with E-state index in [4.69, 9.17) is 4.74 Å². The lowest BCUT2D eigenvalue weighted by Gasteiger charge is -2.18. The first-order chi connectivity index (χ1) is 17.4. The van der Waals surface area contributed by atoms with Gasteiger partial charge in [0.2, 0.25) is 5.91 Å². The number of para-hydroxylation sites is 1. The van der Waals surface area contributed by atoms with E-state index in [2.05, 4.69) is 22.1 Å². The monoisotopic (exact) mass is 485 g/mol. The second-order valence-electron chi connectivity index (χ2n) is 9.38. The van der Waals surface area contributed by atoms with Gasteiger partial charge in [0.05, 0.1) is 12.0 Å². The summed E-state index contributed by atoms with van der Waals surface area (Å²) in [7, 11) is 1.64. The molecule has 0 spiro atoms. The summed E-state index contributed by atoms with van der Waals surface area (Å²) in [5, 5.41) is 15.5. The Balaban J connectivity index is 1.77. The zero-order valence-corrected chi connectivity index (χ0v) is 20.8. The molecule has 36 heavy (non-hydrogen) atoms. The summed E-state index contributed by atoms with van der Waals surface area (Å²) in [6.07, 6.45) is 2.28. The summed E-state index contributed by atoms with van der Waals surface area (Å²) < 4.78 is 7.45. The zero-order chi connectivity index (χ0) is 25.7. The Morgan fingerprint density at radius 1 is 1.06 bits per heavy atom. The highest BCUT2D eigenvalue weighted by Crippen LogP contribution is 2.36. The van der Waals surface area contributed by atoms with E-state index in [0.717, 1.165) is 33.3 Å². The third-order valence-electron chi connectivity index (χ3n) is 6.29. The minimum Gasteiger partial charge on any atom is -0.497 e. The van der Waals surface area contributed by atoms with Gasteiger partial charge in [0.1, 0.15) is 5.75 Å². The molecule has 0 saturated heterocycles. The largest absolute Gasteiger partial charge is 0.497 e. The van der Waals surface area contributed by atoms with Crippen molar-refractivity contribution in [3.05, 3.63) is 106 Å². The standard InChI is InChI=1S/C29H31N3O4/c1-20(2)17-30-29(33)16-26(22-7-6-8-23(15-22)32(34)35)27-19-31(28-10-5-4-9-25(27)28)18-21-11-13-24(36-3)14-12-21/h4-15,19-20,26H,16-18H2,1-3H3,(H,30,33)/t26-/m1/s1. The first kappa shape index (κ1) is 25.0. The summed E-state index contributed by atoms with van der Waals surface area (Å²) in [6, 6.07) is 22.6. The van der Waals surface area contributed by atoms with Gasteiger partial charge in [-0.1, -0.05) is 56.3 Å². The van der Waals surface area contributed by atoms with Crippen LogP contribution < -0.4 is 10.1 Å². The van der Waals surface area contributed by atoms with E-state index in [9.17, 15) is 14.9 Å². The van der Waals surface area contributed by atoms with Crippen molar-refractivity contribution in [2.24, 2.45) is 5.92 Å². The number of hydrogen-bond acceptors (Lipinski definition) is 4. The molecule has 1 aromatic heterocycles. The summed E-state index contributed by atoms with van der Waals surface area (Å²) in [4.78, 5) is 24.0. The molecule has 0 aliphatic heterocycles. The van der Waals surface area contributed by atoms with Crippen molar-refractivity contribution >= 4 is 22.5 Å². The third-order valence-corrected chi connectivity index (χ3v) is 6.29. The highest BCUT2D eigenvalue weighted by molar-refractivity contribution is 5.87. The molecule has 0 fully saturated rings. The first-order valence-electron chi connectivity index (χ1n) is 12.1. The van der Waals surface area contributed by atoms with Gasteiger partial charge in [-0.2, -0.15) is 0 Å². The van der Waals surface area contributed by atoms with Crippen LogP contribution in [0, 0.1) is 16.0 Å². The van der Waals surface area contributed by atoms with Crippen LogP contribution in [-0.2, 0) is 11.3 Å². The summed E-state index contributed by atoms with van der Waals surface area (Å²) in [5.74, 6) is 0.720. The molecular weight excluding hydrogens is 454 g/mol. The fourth-order valence-electron chi connectivity index (χ4n) is 4.45. The highest BCUT2D eigenvalue weighted by atomic mass is 16.6. The highest BCUT2D eigenvalue weighted by Gasteiger charge is 2.24. The van der Waals surface area contributed by atoms with Crippen LogP contribution in [0.4, 0.5) is 5.69 Å². The van der Waals surface area contributed by atoms with Gasteiger partial charge in [0.25, 0.3) is 5.69 Å². The van der Waals surface area contributed by atoms with Crippen LogP contribution in [0.1, 0.15) is 42.9 Å². The molecule has 0 saturated carbocycles. The van der Waals surface area contributed by atoms with Crippen molar-refractivity contribution in [3.63, 3.8) is 0 Å². The van der Waals surface area contributed by atoms with Gasteiger partial charge >= 0.3 is 0 Å². The minimum absolute atomic E-state index is 0.0158. The number of carbonyl (C=O) groups is 1. The van der Waals surface area contributed by atoms with Crippen molar-refractivity contribution in [2.45, 2.75) is 32.7 Å². The number of hydrogen-bond donors (Lipinski definition) is 1. The van der Waals surface area contributed by atoms with Crippen molar-refractivity contribution < 1.29 is 14.5 Å². The maximum absolute atomic E-state index is 13.0. The predicted molar refractivity (Wildman–Crippen MR) is 141 cm³/mol. The number of carbonyl (C=O) groups excluding carboxylic acids is 1. The normalized spacial score (nSPS) is 12.0. The molecule has 3 aromatic carbocycles. The first-order valence-corrected chi connectivity index (χ1v) is 12.1. The Kier molecular flexibility index (Phi) is 7.68. The fourth-order valence-corrected chi connectivity index (χ4v) is 4.45. The lowest BCUT2D eigenvalue weighted by Crippen LogP contribution is -2.28. The van der Waals surface area contributed by atoms with Gasteiger partial charge in [0.15, 0.2) is 0 Å². The number of fused-ring (bicyclic) bond motifs is 1. The topological polar surface area (TPSA) is 86.4 Å². The Hall–Kier alpha value is -4.13. The van der Waals surface area contributed by atoms with Gasteiger partial charge in [-0.3, -0.25) is 14.9 Å². The molecule has 1 atom stereocenters. The number of ether oxygens (including phenoxy) is 1. The van der Waals surface area contributed by atoms with E-state index in [1.165, 1.54) is 6.07 Å². The van der Waals surface area contributed by atoms with Crippen molar-refractivity contribution in [3.8, 4) is 5.75 Å². The molecule has 186 valence electrons. The molecule has 0 aliphatic rings. The van der Waals surface area contributed by atoms with Gasteiger partial charge in [0, 0.05) is 54.7 Å². The van der Waals surface area contributed by atoms with Crippen LogP contribution in [-0.4, -0.2) is 29.1 Å². The molecule has 7 nitrogen and oxygen atoms in total. The molecule has 4 aromatic rings. The molecule has 0 radical (unpaired) electrons. The van der Waals surface area contributed by atoms with Crippen LogP contribution in [0.2, 0.25) is 0 Å². The minimum atomic E-state index is -0.396. The Morgan fingerprint density at radius 2 is 1.81 bits per heavy atom. The number of benzene rings is 3. The van der Waals surface area contributed by atoms with E-state index in [-0.39, 0.29) is 23.9 Å². The van der Waals surface area contributed by atoms with E-state index >= 15 is 0 Å². The maximum atomic E-state index is 13.0. The molecule has 1 amide bonds. The van der Waals surface area contributed by atoms with Gasteiger partial charge < -0.3 is 14.6 Å². The SMILES string of the molecule is COc1ccc(Cn2cc([C@H](CC(=O)NCC(C)C)c3cccc([N+](=O)[O-])c3)c3ccccc32)cc1. The molecule has 0 unspecified atom stereocenters. The lowest BCUT2D eigenvalue weighted by molar-refractivity contribution is -0.384. The van der Waals surface area contributed by atoms with Crippen molar-refractivity contribution in [1.82, 2.24) is 9.88 Å². The van der Waals surface area contributed by atoms with Crippen LogP contribution in [0.15, 0.2) is 79.0 Å².